The molecule has 1 amide bonds. The van der Waals surface area contributed by atoms with E-state index in [0.717, 1.165) is 16.7 Å². The monoisotopic (exact) mass is 361 g/mol. The fraction of sp³-hybridized carbons (Fsp3) is 0.136. The van der Waals surface area contributed by atoms with Crippen molar-refractivity contribution in [2.75, 3.05) is 0 Å². The Hall–Kier alpha value is -3.47. The lowest BCUT2D eigenvalue weighted by atomic mass is 9.98. The van der Waals surface area contributed by atoms with Crippen molar-refractivity contribution in [1.82, 2.24) is 0 Å². The highest BCUT2D eigenvalue weighted by Gasteiger charge is 2.20. The van der Waals surface area contributed by atoms with Gasteiger partial charge in [-0.15, -0.1) is 0 Å². The summed E-state index contributed by atoms with van der Waals surface area (Å²) in [5.41, 5.74) is 7.95. The molecule has 1 aliphatic rings. The largest absolute Gasteiger partial charge is 0.425 e. The number of esters is 1. The van der Waals surface area contributed by atoms with Gasteiger partial charge in [-0.2, -0.15) is 0 Å². The smallest absolute Gasteiger partial charge is 0.318 e. The molecule has 0 bridgehead atoms. The van der Waals surface area contributed by atoms with Crippen LogP contribution in [0.1, 0.15) is 40.7 Å². The van der Waals surface area contributed by atoms with Gasteiger partial charge < -0.3 is 10.5 Å². The number of hydrogen-bond acceptors (Lipinski definition) is 4. The van der Waals surface area contributed by atoms with Crippen LogP contribution in [-0.2, 0) is 9.59 Å². The molecule has 1 unspecified atom stereocenters. The minimum Gasteiger partial charge on any atom is -0.425 e. The Morgan fingerprint density at radius 1 is 1.04 bits per heavy atom. The summed E-state index contributed by atoms with van der Waals surface area (Å²) in [4.78, 5) is 35.1. The quantitative estimate of drug-likeness (QED) is 0.653. The van der Waals surface area contributed by atoms with Crippen molar-refractivity contribution < 1.29 is 19.1 Å². The molecule has 0 aliphatic heterocycles. The molecule has 1 atom stereocenters. The number of amides is 1. The third-order valence-electron chi connectivity index (χ3n) is 4.43. The Labute approximate surface area is 157 Å². The molecule has 27 heavy (non-hydrogen) atoms. The second kappa shape index (κ2) is 7.83. The van der Waals surface area contributed by atoms with Crippen LogP contribution in [0.5, 0.6) is 5.75 Å². The molecule has 2 aromatic carbocycles. The zero-order valence-electron chi connectivity index (χ0n) is 14.8. The van der Waals surface area contributed by atoms with Gasteiger partial charge in [0, 0.05) is 17.5 Å². The second-order valence-electron chi connectivity index (χ2n) is 6.29. The molecule has 2 N–H and O–H groups in total. The van der Waals surface area contributed by atoms with Gasteiger partial charge in [-0.3, -0.25) is 14.4 Å². The summed E-state index contributed by atoms with van der Waals surface area (Å²) in [6, 6.07) is 13.8. The molecule has 0 heterocycles. The van der Waals surface area contributed by atoms with Gasteiger partial charge in [0.15, 0.2) is 5.78 Å². The van der Waals surface area contributed by atoms with Crippen LogP contribution in [0.15, 0.2) is 66.8 Å². The van der Waals surface area contributed by atoms with Gasteiger partial charge in [0.05, 0.1) is 5.92 Å². The van der Waals surface area contributed by atoms with Crippen molar-refractivity contribution in [3.8, 4) is 5.75 Å². The van der Waals surface area contributed by atoms with E-state index < -0.39 is 17.8 Å². The first kappa shape index (κ1) is 18.3. The SMILES string of the molecule is CC(C(=O)Oc1ccccc1C1=CCC(=O)C=C1)c1ccc(C(N)=O)cc1. The van der Waals surface area contributed by atoms with Crippen LogP contribution in [0, 0.1) is 0 Å². The number of nitrogens with two attached hydrogens (primary N) is 1. The number of hydrogen-bond donors (Lipinski definition) is 1. The van der Waals surface area contributed by atoms with Crippen molar-refractivity contribution in [3.05, 3.63) is 83.4 Å². The van der Waals surface area contributed by atoms with E-state index >= 15 is 0 Å². The van der Waals surface area contributed by atoms with Crippen LogP contribution < -0.4 is 10.5 Å². The van der Waals surface area contributed by atoms with Gasteiger partial charge in [0.25, 0.3) is 0 Å². The van der Waals surface area contributed by atoms with E-state index in [2.05, 4.69) is 0 Å². The summed E-state index contributed by atoms with van der Waals surface area (Å²) in [5, 5.41) is 0. The minimum absolute atomic E-state index is 0.0428. The summed E-state index contributed by atoms with van der Waals surface area (Å²) in [7, 11) is 0. The zero-order valence-corrected chi connectivity index (χ0v) is 14.8. The molecule has 0 spiro atoms. The highest BCUT2D eigenvalue weighted by Crippen LogP contribution is 2.30. The highest BCUT2D eigenvalue weighted by molar-refractivity contribution is 5.98. The van der Waals surface area contributed by atoms with Crippen LogP contribution in [0.3, 0.4) is 0 Å². The number of carbonyl (C=O) groups is 3. The van der Waals surface area contributed by atoms with E-state index in [4.69, 9.17) is 10.5 Å². The lowest BCUT2D eigenvalue weighted by Crippen LogP contribution is -2.17. The van der Waals surface area contributed by atoms with Crippen molar-refractivity contribution >= 4 is 23.2 Å². The summed E-state index contributed by atoms with van der Waals surface area (Å²) >= 11 is 0. The third-order valence-corrected chi connectivity index (χ3v) is 4.43. The van der Waals surface area contributed by atoms with Crippen LogP contribution in [-0.4, -0.2) is 17.7 Å². The van der Waals surface area contributed by atoms with Crippen molar-refractivity contribution in [2.24, 2.45) is 5.73 Å². The molecular formula is C22H19NO4. The van der Waals surface area contributed by atoms with E-state index in [1.165, 1.54) is 6.08 Å². The lowest BCUT2D eigenvalue weighted by Gasteiger charge is -2.15. The van der Waals surface area contributed by atoms with Crippen LogP contribution in [0.2, 0.25) is 0 Å². The van der Waals surface area contributed by atoms with E-state index in [1.807, 2.05) is 18.2 Å². The van der Waals surface area contributed by atoms with Crippen LogP contribution in [0.25, 0.3) is 5.57 Å². The van der Waals surface area contributed by atoms with E-state index in [1.54, 1.807) is 49.4 Å². The molecule has 136 valence electrons. The van der Waals surface area contributed by atoms with E-state index in [0.29, 0.717) is 17.7 Å². The molecule has 5 nitrogen and oxygen atoms in total. The molecule has 0 fully saturated rings. The maximum atomic E-state index is 12.6. The number of allylic oxidation sites excluding steroid dienone is 4. The first-order valence-corrected chi connectivity index (χ1v) is 8.57. The second-order valence-corrected chi connectivity index (χ2v) is 6.29. The molecule has 3 rings (SSSR count). The minimum atomic E-state index is -0.516. The van der Waals surface area contributed by atoms with E-state index in [9.17, 15) is 14.4 Å². The van der Waals surface area contributed by atoms with Gasteiger partial charge >= 0.3 is 5.97 Å². The number of primary amides is 1. The fourth-order valence-electron chi connectivity index (χ4n) is 2.79. The standard InChI is InChI=1S/C22H19NO4/c1-14(15-6-8-17(9-7-15)21(23)25)22(26)27-20-5-3-2-4-19(20)16-10-12-18(24)13-11-16/h2-12,14H,13H2,1H3,(H2,23,25). The molecule has 0 radical (unpaired) electrons. The Kier molecular flexibility index (Phi) is 5.31. The molecule has 0 saturated heterocycles. The molecule has 0 saturated carbocycles. The number of rotatable bonds is 5. The Morgan fingerprint density at radius 2 is 1.74 bits per heavy atom. The number of carbonyl (C=O) groups excluding carboxylic acids is 3. The van der Waals surface area contributed by atoms with Gasteiger partial charge in [-0.1, -0.05) is 42.5 Å². The molecule has 1 aliphatic carbocycles. The zero-order chi connectivity index (χ0) is 19.4. The van der Waals surface area contributed by atoms with Gasteiger partial charge in [0.1, 0.15) is 5.75 Å². The van der Waals surface area contributed by atoms with Crippen molar-refractivity contribution in [1.29, 1.82) is 0 Å². The van der Waals surface area contributed by atoms with Crippen LogP contribution >= 0.6 is 0 Å². The molecular weight excluding hydrogens is 342 g/mol. The fourth-order valence-corrected chi connectivity index (χ4v) is 2.79. The number of ether oxygens (including phenoxy) is 1. The van der Waals surface area contributed by atoms with Gasteiger partial charge in [-0.25, -0.2) is 0 Å². The van der Waals surface area contributed by atoms with Gasteiger partial charge in [-0.05, 0) is 42.3 Å². The summed E-state index contributed by atoms with van der Waals surface area (Å²) in [6.45, 7) is 1.74. The average Bonchev–Trinajstić information content (AvgIpc) is 2.68. The highest BCUT2D eigenvalue weighted by atomic mass is 16.5. The van der Waals surface area contributed by atoms with E-state index in [-0.39, 0.29) is 5.78 Å². The summed E-state index contributed by atoms with van der Waals surface area (Å²) in [5.74, 6) is -0.962. The Balaban J connectivity index is 1.79. The normalized spacial score (nSPS) is 14.4. The van der Waals surface area contributed by atoms with Gasteiger partial charge in [0.2, 0.25) is 5.91 Å². The topological polar surface area (TPSA) is 86.5 Å². The first-order chi connectivity index (χ1) is 13.0. The molecule has 2 aromatic rings. The first-order valence-electron chi connectivity index (χ1n) is 8.57. The molecule has 5 heteroatoms. The maximum absolute atomic E-state index is 12.6. The summed E-state index contributed by atoms with van der Waals surface area (Å²) in [6.07, 6.45) is 5.40. The average molecular weight is 361 g/mol. The number of ketones is 1. The number of para-hydroxylation sites is 1. The summed E-state index contributed by atoms with van der Waals surface area (Å²) < 4.78 is 5.63. The van der Waals surface area contributed by atoms with Crippen LogP contribution in [0.4, 0.5) is 0 Å². The number of benzene rings is 2. The molecule has 0 aromatic heterocycles. The third kappa shape index (κ3) is 4.20. The maximum Gasteiger partial charge on any atom is 0.318 e. The lowest BCUT2D eigenvalue weighted by molar-refractivity contribution is -0.135. The predicted molar refractivity (Wildman–Crippen MR) is 102 cm³/mol. The van der Waals surface area contributed by atoms with Crippen molar-refractivity contribution in [2.45, 2.75) is 19.3 Å². The predicted octanol–water partition coefficient (Wildman–Crippen LogP) is 3.41. The Morgan fingerprint density at radius 3 is 2.37 bits per heavy atom. The Bertz CT molecular complexity index is 955. The van der Waals surface area contributed by atoms with Crippen molar-refractivity contribution in [3.63, 3.8) is 0 Å².